The van der Waals surface area contributed by atoms with E-state index in [0.717, 1.165) is 19.5 Å². The van der Waals surface area contributed by atoms with Crippen molar-refractivity contribution in [1.29, 1.82) is 0 Å². The van der Waals surface area contributed by atoms with Crippen LogP contribution in [-0.2, 0) is 9.53 Å². The second-order valence-corrected chi connectivity index (χ2v) is 5.85. The molecule has 0 radical (unpaired) electrons. The summed E-state index contributed by atoms with van der Waals surface area (Å²) in [5.74, 6) is -0.148. The van der Waals surface area contributed by atoms with Crippen LogP contribution in [0.25, 0.3) is 0 Å². The van der Waals surface area contributed by atoms with E-state index in [0.29, 0.717) is 0 Å². The highest BCUT2D eigenvalue weighted by molar-refractivity contribution is 5.75. The summed E-state index contributed by atoms with van der Waals surface area (Å²) in [6, 6.07) is -0.184. The van der Waals surface area contributed by atoms with E-state index in [1.54, 1.807) is 0 Å². The molecule has 0 N–H and O–H groups in total. The number of carbonyl (C=O) groups excluding carboxylic acids is 1. The third kappa shape index (κ3) is 8.16. The lowest BCUT2D eigenvalue weighted by molar-refractivity contribution is -0.160. The largest absolute Gasteiger partial charge is 0.459 e. The first-order chi connectivity index (χ1) is 7.63. The summed E-state index contributed by atoms with van der Waals surface area (Å²) in [5.41, 5.74) is -0.407. The average molecular weight is 244 g/mol. The van der Waals surface area contributed by atoms with Gasteiger partial charge in [-0.25, -0.2) is 0 Å². The van der Waals surface area contributed by atoms with Crippen molar-refractivity contribution >= 4 is 5.97 Å². The number of hydrogen-bond donors (Lipinski definition) is 0. The first kappa shape index (κ1) is 16.4. The Hall–Kier alpha value is -0.610. The van der Waals surface area contributed by atoms with Gasteiger partial charge in [-0.3, -0.25) is 9.69 Å². The van der Waals surface area contributed by atoms with Crippen LogP contribution in [0, 0.1) is 0 Å². The molecule has 4 nitrogen and oxygen atoms in total. The van der Waals surface area contributed by atoms with Gasteiger partial charge in [0.05, 0.1) is 0 Å². The lowest BCUT2D eigenvalue weighted by atomic mass is 10.2. The van der Waals surface area contributed by atoms with Crippen LogP contribution in [-0.4, -0.2) is 61.6 Å². The summed E-state index contributed by atoms with van der Waals surface area (Å²) in [4.78, 5) is 16.0. The molecule has 0 heterocycles. The predicted molar refractivity (Wildman–Crippen MR) is 71.1 cm³/mol. The number of rotatable bonds is 6. The Morgan fingerprint density at radius 3 is 2.12 bits per heavy atom. The van der Waals surface area contributed by atoms with Gasteiger partial charge >= 0.3 is 5.97 Å². The zero-order chi connectivity index (χ0) is 13.6. The van der Waals surface area contributed by atoms with Crippen molar-refractivity contribution in [2.75, 3.05) is 34.2 Å². The number of hydrogen-bond acceptors (Lipinski definition) is 4. The molecule has 0 amide bonds. The minimum atomic E-state index is -0.407. The van der Waals surface area contributed by atoms with Gasteiger partial charge in [0.2, 0.25) is 0 Å². The maximum absolute atomic E-state index is 11.8. The molecule has 0 rings (SSSR count). The summed E-state index contributed by atoms with van der Waals surface area (Å²) in [7, 11) is 6.07. The zero-order valence-corrected chi connectivity index (χ0v) is 12.4. The fourth-order valence-corrected chi connectivity index (χ4v) is 1.40. The van der Waals surface area contributed by atoms with Gasteiger partial charge in [0.15, 0.2) is 0 Å². The van der Waals surface area contributed by atoms with Crippen LogP contribution in [0.2, 0.25) is 0 Å². The third-order valence-corrected chi connectivity index (χ3v) is 2.53. The second-order valence-electron chi connectivity index (χ2n) is 5.85. The number of nitrogens with zero attached hydrogens (tertiary/aromatic N) is 2. The van der Waals surface area contributed by atoms with Crippen molar-refractivity contribution in [2.45, 2.75) is 45.8 Å². The average Bonchev–Trinajstić information content (AvgIpc) is 2.13. The van der Waals surface area contributed by atoms with E-state index in [4.69, 9.17) is 4.74 Å². The Morgan fingerprint density at radius 2 is 1.71 bits per heavy atom. The first-order valence-electron chi connectivity index (χ1n) is 6.21. The summed E-state index contributed by atoms with van der Waals surface area (Å²) in [5, 5.41) is 0. The van der Waals surface area contributed by atoms with E-state index >= 15 is 0 Å². The van der Waals surface area contributed by atoms with Gasteiger partial charge in [-0.1, -0.05) is 0 Å². The molecular formula is C13H28N2O2. The molecular weight excluding hydrogens is 216 g/mol. The lowest BCUT2D eigenvalue weighted by Gasteiger charge is -2.27. The Morgan fingerprint density at radius 1 is 1.18 bits per heavy atom. The topological polar surface area (TPSA) is 32.8 Å². The lowest BCUT2D eigenvalue weighted by Crippen LogP contribution is -2.41. The molecule has 0 aliphatic heterocycles. The maximum Gasteiger partial charge on any atom is 0.323 e. The molecule has 0 bridgehead atoms. The first-order valence-corrected chi connectivity index (χ1v) is 6.21. The van der Waals surface area contributed by atoms with Gasteiger partial charge in [-0.05, 0) is 68.3 Å². The monoisotopic (exact) mass is 244 g/mol. The molecule has 0 saturated carbocycles. The molecule has 0 saturated heterocycles. The molecule has 0 aromatic rings. The van der Waals surface area contributed by atoms with Gasteiger partial charge in [0, 0.05) is 0 Å². The fourth-order valence-electron chi connectivity index (χ4n) is 1.40. The van der Waals surface area contributed by atoms with Crippen LogP contribution in [0.1, 0.15) is 34.1 Å². The van der Waals surface area contributed by atoms with Crippen LogP contribution in [0.3, 0.4) is 0 Å². The van der Waals surface area contributed by atoms with Gasteiger partial charge < -0.3 is 9.64 Å². The van der Waals surface area contributed by atoms with Crippen molar-refractivity contribution in [3.05, 3.63) is 0 Å². The standard InChI is InChI=1S/C13H28N2O2/c1-11(12(16)17-13(2,3)4)15(7)10-8-9-14(5)6/h11H,8-10H2,1-7H3. The highest BCUT2D eigenvalue weighted by Crippen LogP contribution is 2.10. The van der Waals surface area contributed by atoms with Gasteiger partial charge in [-0.2, -0.15) is 0 Å². The van der Waals surface area contributed by atoms with E-state index in [1.165, 1.54) is 0 Å². The normalized spacial score (nSPS) is 14.2. The van der Waals surface area contributed by atoms with Crippen LogP contribution < -0.4 is 0 Å². The van der Waals surface area contributed by atoms with E-state index in [9.17, 15) is 4.79 Å². The molecule has 1 unspecified atom stereocenters. The maximum atomic E-state index is 11.8. The second kappa shape index (κ2) is 6.97. The summed E-state index contributed by atoms with van der Waals surface area (Å²) >= 11 is 0. The van der Waals surface area contributed by atoms with E-state index in [-0.39, 0.29) is 12.0 Å². The molecule has 0 aliphatic rings. The zero-order valence-electron chi connectivity index (χ0n) is 12.4. The SMILES string of the molecule is CC(C(=O)OC(C)(C)C)N(C)CCCN(C)C. The summed E-state index contributed by atoms with van der Waals surface area (Å²) in [6.45, 7) is 9.50. The minimum Gasteiger partial charge on any atom is -0.459 e. The Labute approximate surface area is 106 Å². The van der Waals surface area contributed by atoms with Crippen molar-refractivity contribution in [3.8, 4) is 0 Å². The van der Waals surface area contributed by atoms with Crippen LogP contribution in [0.4, 0.5) is 0 Å². The Kier molecular flexibility index (Phi) is 6.72. The fraction of sp³-hybridized carbons (Fsp3) is 0.923. The van der Waals surface area contributed by atoms with E-state index in [2.05, 4.69) is 19.0 Å². The molecule has 0 spiro atoms. The van der Waals surface area contributed by atoms with Crippen molar-refractivity contribution in [2.24, 2.45) is 0 Å². The van der Waals surface area contributed by atoms with Gasteiger partial charge in [0.25, 0.3) is 0 Å². The molecule has 0 aromatic carbocycles. The Bertz CT molecular complexity index is 234. The predicted octanol–water partition coefficient (Wildman–Crippen LogP) is 1.60. The van der Waals surface area contributed by atoms with Crippen molar-refractivity contribution in [1.82, 2.24) is 9.80 Å². The highest BCUT2D eigenvalue weighted by atomic mass is 16.6. The van der Waals surface area contributed by atoms with Crippen molar-refractivity contribution < 1.29 is 9.53 Å². The van der Waals surface area contributed by atoms with Gasteiger partial charge in [-0.15, -0.1) is 0 Å². The molecule has 17 heavy (non-hydrogen) atoms. The van der Waals surface area contributed by atoms with Crippen LogP contribution in [0.5, 0.6) is 0 Å². The van der Waals surface area contributed by atoms with E-state index in [1.807, 2.05) is 39.6 Å². The van der Waals surface area contributed by atoms with Crippen molar-refractivity contribution in [3.63, 3.8) is 0 Å². The molecule has 0 fully saturated rings. The molecule has 102 valence electrons. The molecule has 4 heteroatoms. The Balaban J connectivity index is 4.03. The summed E-state index contributed by atoms with van der Waals surface area (Å²) in [6.07, 6.45) is 1.05. The third-order valence-electron chi connectivity index (χ3n) is 2.53. The minimum absolute atomic E-state index is 0.148. The number of likely N-dealkylation sites (N-methyl/N-ethyl adjacent to an activating group) is 1. The number of ether oxygens (including phenoxy) is 1. The molecule has 0 aliphatic carbocycles. The van der Waals surface area contributed by atoms with Gasteiger partial charge in [0.1, 0.15) is 11.6 Å². The van der Waals surface area contributed by atoms with E-state index < -0.39 is 5.60 Å². The quantitative estimate of drug-likeness (QED) is 0.664. The molecule has 1 atom stereocenters. The molecule has 0 aromatic heterocycles. The summed E-state index contributed by atoms with van der Waals surface area (Å²) < 4.78 is 5.36. The van der Waals surface area contributed by atoms with Crippen LogP contribution >= 0.6 is 0 Å². The smallest absolute Gasteiger partial charge is 0.323 e. The number of carbonyl (C=O) groups is 1. The van der Waals surface area contributed by atoms with Crippen LogP contribution in [0.15, 0.2) is 0 Å². The number of esters is 1. The highest BCUT2D eigenvalue weighted by Gasteiger charge is 2.24.